The minimum Gasteiger partial charge on any atom is -0.390 e. The van der Waals surface area contributed by atoms with Crippen molar-refractivity contribution < 1.29 is 28.9 Å². The number of allylic oxidation sites excluding steroid dienone is 1. The Morgan fingerprint density at radius 1 is 1.00 bits per heavy atom. The Morgan fingerprint density at radius 2 is 1.76 bits per heavy atom. The van der Waals surface area contributed by atoms with E-state index in [9.17, 15) is 14.7 Å². The molecule has 8 heteroatoms. The number of rotatable bonds is 16. The van der Waals surface area contributed by atoms with E-state index in [1.807, 2.05) is 12.2 Å². The van der Waals surface area contributed by atoms with E-state index in [0.717, 1.165) is 83.5 Å². The molecule has 2 unspecified atom stereocenters. The SMILES string of the molecule is C=CC[C@@H]1CCCC(CC(=O)NC[C@H](O)[C@H](C)C(=O)NCCC[C@H]2O[C@@]3(CCC[C@@H](CC[C@H](C)C=C)O3)CCC2C)O1. The summed E-state index contributed by atoms with van der Waals surface area (Å²) in [5.74, 6) is -0.502. The van der Waals surface area contributed by atoms with Crippen LogP contribution in [0.2, 0.25) is 0 Å². The summed E-state index contributed by atoms with van der Waals surface area (Å²) in [5, 5.41) is 16.3. The topological polar surface area (TPSA) is 106 Å². The van der Waals surface area contributed by atoms with Gasteiger partial charge in [0, 0.05) is 25.9 Å². The predicted octanol–water partition coefficient (Wildman–Crippen LogP) is 5.58. The molecule has 0 saturated carbocycles. The summed E-state index contributed by atoms with van der Waals surface area (Å²) < 4.78 is 19.2. The molecule has 0 aromatic rings. The molecule has 8 nitrogen and oxygen atoms in total. The molecule has 0 aromatic heterocycles. The highest BCUT2D eigenvalue weighted by atomic mass is 16.7. The summed E-state index contributed by atoms with van der Waals surface area (Å²) in [6, 6.07) is 0. The van der Waals surface area contributed by atoms with Crippen LogP contribution in [0.3, 0.4) is 0 Å². The fourth-order valence-corrected chi connectivity index (χ4v) is 6.50. The second-order valence-corrected chi connectivity index (χ2v) is 13.1. The van der Waals surface area contributed by atoms with E-state index < -0.39 is 17.8 Å². The number of nitrogens with one attached hydrogen (secondary N) is 2. The molecule has 9 atom stereocenters. The van der Waals surface area contributed by atoms with E-state index in [1.54, 1.807) is 6.92 Å². The van der Waals surface area contributed by atoms with Crippen molar-refractivity contribution in [2.45, 2.75) is 147 Å². The molecular formula is C34H58N2O6. The number of ether oxygens (including phenoxy) is 3. The predicted molar refractivity (Wildman–Crippen MR) is 166 cm³/mol. The lowest BCUT2D eigenvalue weighted by atomic mass is 9.85. The summed E-state index contributed by atoms with van der Waals surface area (Å²) in [6.45, 7) is 14.4. The summed E-state index contributed by atoms with van der Waals surface area (Å²) in [5.41, 5.74) is 0. The van der Waals surface area contributed by atoms with Gasteiger partial charge in [0.25, 0.3) is 0 Å². The quantitative estimate of drug-likeness (QED) is 0.160. The Bertz CT molecular complexity index is 867. The standard InChI is InChI=1S/C34H58N2O6/c1-6-11-27-12-8-13-29(40-27)22-32(38)36-23-30(37)26(5)33(39)35-21-10-15-31-25(4)18-20-34(42-31)19-9-14-28(41-34)17-16-24(3)7-2/h6-7,24-31,37H,1-2,8-23H2,3-5H3,(H,35,39)(H,36,38)/t24-,25?,26+,27-,28+,29?,30+,31-,34+/m1/s1. The van der Waals surface area contributed by atoms with Gasteiger partial charge in [-0.15, -0.1) is 13.2 Å². The third-order valence-electron chi connectivity index (χ3n) is 9.54. The third-order valence-corrected chi connectivity index (χ3v) is 9.54. The Labute approximate surface area is 254 Å². The van der Waals surface area contributed by atoms with Gasteiger partial charge in [-0.3, -0.25) is 9.59 Å². The van der Waals surface area contributed by atoms with Crippen molar-refractivity contribution in [2.75, 3.05) is 13.1 Å². The van der Waals surface area contributed by atoms with E-state index in [1.165, 1.54) is 0 Å². The Hall–Kier alpha value is -1.74. The number of hydrogen-bond acceptors (Lipinski definition) is 6. The molecule has 3 fully saturated rings. The molecule has 3 aliphatic heterocycles. The number of aliphatic hydroxyl groups excluding tert-OH is 1. The average molecular weight is 591 g/mol. The first-order chi connectivity index (χ1) is 20.1. The van der Waals surface area contributed by atoms with Crippen molar-refractivity contribution in [3.8, 4) is 0 Å². The van der Waals surface area contributed by atoms with Crippen LogP contribution < -0.4 is 10.6 Å². The van der Waals surface area contributed by atoms with Gasteiger partial charge in [0.05, 0.1) is 42.9 Å². The van der Waals surface area contributed by atoms with Gasteiger partial charge in [-0.1, -0.05) is 32.9 Å². The van der Waals surface area contributed by atoms with Gasteiger partial charge >= 0.3 is 0 Å². The van der Waals surface area contributed by atoms with Crippen LogP contribution in [0.1, 0.15) is 111 Å². The lowest BCUT2D eigenvalue weighted by molar-refractivity contribution is -0.324. The monoisotopic (exact) mass is 590 g/mol. The van der Waals surface area contributed by atoms with Gasteiger partial charge in [-0.2, -0.15) is 0 Å². The van der Waals surface area contributed by atoms with Crippen molar-refractivity contribution in [2.24, 2.45) is 17.8 Å². The molecule has 240 valence electrons. The summed E-state index contributed by atoms with van der Waals surface area (Å²) in [4.78, 5) is 25.1. The van der Waals surface area contributed by atoms with Crippen molar-refractivity contribution in [1.29, 1.82) is 0 Å². The summed E-state index contributed by atoms with van der Waals surface area (Å²) >= 11 is 0. The zero-order chi connectivity index (χ0) is 30.5. The molecule has 0 aromatic carbocycles. The first-order valence-corrected chi connectivity index (χ1v) is 16.6. The summed E-state index contributed by atoms with van der Waals surface area (Å²) in [6.07, 6.45) is 16.3. The van der Waals surface area contributed by atoms with Crippen LogP contribution >= 0.6 is 0 Å². The molecular weight excluding hydrogens is 532 g/mol. The molecule has 3 N–H and O–H groups in total. The summed E-state index contributed by atoms with van der Waals surface area (Å²) in [7, 11) is 0. The fraction of sp³-hybridized carbons (Fsp3) is 0.824. The van der Waals surface area contributed by atoms with Gasteiger partial charge in [0.15, 0.2) is 5.79 Å². The minimum absolute atomic E-state index is 0.0409. The van der Waals surface area contributed by atoms with Crippen LogP contribution in [0, 0.1) is 17.8 Å². The molecule has 2 amide bonds. The Balaban J connectivity index is 1.33. The second-order valence-electron chi connectivity index (χ2n) is 13.1. The highest BCUT2D eigenvalue weighted by molar-refractivity contribution is 5.79. The number of carbonyl (C=O) groups is 2. The molecule has 1 spiro atoms. The lowest BCUT2D eigenvalue weighted by Crippen LogP contribution is -2.50. The fourth-order valence-electron chi connectivity index (χ4n) is 6.50. The van der Waals surface area contributed by atoms with Crippen LogP contribution in [0.15, 0.2) is 25.3 Å². The van der Waals surface area contributed by atoms with Crippen LogP contribution in [-0.2, 0) is 23.8 Å². The molecule has 0 bridgehead atoms. The van der Waals surface area contributed by atoms with Crippen LogP contribution in [0.4, 0.5) is 0 Å². The third kappa shape index (κ3) is 11.1. The lowest BCUT2D eigenvalue weighted by Gasteiger charge is -2.48. The number of aliphatic hydroxyl groups is 1. The number of hydrogen-bond donors (Lipinski definition) is 3. The molecule has 3 saturated heterocycles. The van der Waals surface area contributed by atoms with Crippen molar-refractivity contribution in [3.63, 3.8) is 0 Å². The Kier molecular flexibility index (Phi) is 14.5. The number of carbonyl (C=O) groups excluding carboxylic acids is 2. The van der Waals surface area contributed by atoms with Gasteiger partial charge < -0.3 is 30.0 Å². The first-order valence-electron chi connectivity index (χ1n) is 16.6. The molecule has 3 rings (SSSR count). The molecule has 3 heterocycles. The van der Waals surface area contributed by atoms with Crippen molar-refractivity contribution >= 4 is 11.8 Å². The van der Waals surface area contributed by atoms with Crippen LogP contribution in [0.25, 0.3) is 0 Å². The van der Waals surface area contributed by atoms with Gasteiger partial charge in [-0.25, -0.2) is 0 Å². The van der Waals surface area contributed by atoms with E-state index in [-0.39, 0.29) is 49.2 Å². The highest BCUT2D eigenvalue weighted by Crippen LogP contribution is 2.43. The number of amides is 2. The van der Waals surface area contributed by atoms with E-state index in [0.29, 0.717) is 18.4 Å². The second kappa shape index (κ2) is 17.5. The average Bonchev–Trinajstić information content (AvgIpc) is 2.98. The maximum Gasteiger partial charge on any atom is 0.225 e. The minimum atomic E-state index is -0.956. The van der Waals surface area contributed by atoms with Crippen molar-refractivity contribution in [1.82, 2.24) is 10.6 Å². The van der Waals surface area contributed by atoms with Gasteiger partial charge in [0.2, 0.25) is 11.8 Å². The Morgan fingerprint density at radius 3 is 2.52 bits per heavy atom. The highest BCUT2D eigenvalue weighted by Gasteiger charge is 2.44. The first kappa shape index (κ1) is 34.7. The molecule has 3 aliphatic rings. The van der Waals surface area contributed by atoms with Crippen LogP contribution in [0.5, 0.6) is 0 Å². The van der Waals surface area contributed by atoms with E-state index >= 15 is 0 Å². The largest absolute Gasteiger partial charge is 0.390 e. The van der Waals surface area contributed by atoms with Gasteiger partial charge in [0.1, 0.15) is 0 Å². The maximum absolute atomic E-state index is 12.7. The zero-order valence-electron chi connectivity index (χ0n) is 26.5. The van der Waals surface area contributed by atoms with Crippen LogP contribution in [-0.4, -0.2) is 66.3 Å². The smallest absolute Gasteiger partial charge is 0.225 e. The van der Waals surface area contributed by atoms with E-state index in [2.05, 4.69) is 37.6 Å². The molecule has 42 heavy (non-hydrogen) atoms. The normalized spacial score (nSPS) is 32.0. The maximum atomic E-state index is 12.7. The van der Waals surface area contributed by atoms with E-state index in [4.69, 9.17) is 14.2 Å². The van der Waals surface area contributed by atoms with Crippen molar-refractivity contribution in [3.05, 3.63) is 25.3 Å². The van der Waals surface area contributed by atoms with Gasteiger partial charge in [-0.05, 0) is 82.5 Å². The molecule has 0 radical (unpaired) electrons. The molecule has 0 aliphatic carbocycles. The zero-order valence-corrected chi connectivity index (χ0v) is 26.5.